The van der Waals surface area contributed by atoms with Gasteiger partial charge in [0.2, 0.25) is 0 Å². The highest BCUT2D eigenvalue weighted by molar-refractivity contribution is 7.80. The Hall–Kier alpha value is -1.14. The molecule has 2 heterocycles. The van der Waals surface area contributed by atoms with E-state index in [1.165, 1.54) is 0 Å². The average molecular weight is 254 g/mol. The zero-order valence-electron chi connectivity index (χ0n) is 10.2. The second kappa shape index (κ2) is 5.46. The number of hydrogen-bond acceptors (Lipinski definition) is 3. The van der Waals surface area contributed by atoms with Gasteiger partial charge in [-0.05, 0) is 38.9 Å². The first-order valence-electron chi connectivity index (χ1n) is 5.85. The molecule has 0 aliphatic carbocycles. The van der Waals surface area contributed by atoms with Gasteiger partial charge in [-0.3, -0.25) is 5.10 Å². The van der Waals surface area contributed by atoms with E-state index in [2.05, 4.69) is 20.8 Å². The highest BCUT2D eigenvalue weighted by Gasteiger charge is 2.15. The summed E-state index contributed by atoms with van der Waals surface area (Å²) in [5.74, 6) is 0. The van der Waals surface area contributed by atoms with E-state index in [4.69, 9.17) is 17.0 Å². The maximum absolute atomic E-state index is 5.52. The lowest BCUT2D eigenvalue weighted by atomic mass is 10.2. The van der Waals surface area contributed by atoms with Crippen molar-refractivity contribution in [1.82, 2.24) is 15.5 Å². The van der Waals surface area contributed by atoms with Crippen molar-refractivity contribution in [3.05, 3.63) is 11.4 Å². The smallest absolute Gasteiger partial charge is 0.170 e. The van der Waals surface area contributed by atoms with Crippen LogP contribution < -0.4 is 10.6 Å². The maximum Gasteiger partial charge on any atom is 0.170 e. The van der Waals surface area contributed by atoms with Gasteiger partial charge in [0.05, 0.1) is 23.2 Å². The maximum atomic E-state index is 5.52. The fourth-order valence-corrected chi connectivity index (χ4v) is 2.09. The molecular weight excluding hydrogens is 236 g/mol. The molecule has 1 saturated heterocycles. The third-order valence-corrected chi connectivity index (χ3v) is 3.13. The summed E-state index contributed by atoms with van der Waals surface area (Å²) in [5, 5.41) is 14.0. The van der Waals surface area contributed by atoms with Crippen molar-refractivity contribution in [2.75, 3.05) is 18.5 Å². The van der Waals surface area contributed by atoms with Gasteiger partial charge >= 0.3 is 0 Å². The molecule has 3 N–H and O–H groups in total. The third-order valence-electron chi connectivity index (χ3n) is 2.88. The Bertz CT molecular complexity index is 379. The van der Waals surface area contributed by atoms with Gasteiger partial charge in [-0.15, -0.1) is 0 Å². The van der Waals surface area contributed by atoms with Crippen LogP contribution in [0.15, 0.2) is 0 Å². The molecule has 1 aromatic rings. The molecule has 0 unspecified atom stereocenters. The fraction of sp³-hybridized carbons (Fsp3) is 0.636. The van der Waals surface area contributed by atoms with Gasteiger partial charge in [0.1, 0.15) is 0 Å². The van der Waals surface area contributed by atoms with Crippen LogP contribution in [0.3, 0.4) is 0 Å². The number of aromatic nitrogens is 2. The predicted molar refractivity (Wildman–Crippen MR) is 71.3 cm³/mol. The zero-order valence-corrected chi connectivity index (χ0v) is 11.0. The first-order valence-corrected chi connectivity index (χ1v) is 6.25. The highest BCUT2D eigenvalue weighted by Crippen LogP contribution is 2.16. The molecule has 1 aliphatic rings. The predicted octanol–water partition coefficient (Wildman–Crippen LogP) is 1.49. The van der Waals surface area contributed by atoms with Crippen molar-refractivity contribution in [3.8, 4) is 0 Å². The molecule has 0 saturated carbocycles. The molecule has 2 rings (SSSR count). The molecule has 5 nitrogen and oxygen atoms in total. The number of nitrogens with zero attached hydrogens (tertiary/aromatic N) is 1. The number of aryl methyl sites for hydroxylation is 2. The first kappa shape index (κ1) is 12.3. The number of H-pyrrole nitrogens is 1. The molecule has 17 heavy (non-hydrogen) atoms. The van der Waals surface area contributed by atoms with Gasteiger partial charge in [-0.25, -0.2) is 0 Å². The van der Waals surface area contributed by atoms with E-state index >= 15 is 0 Å². The van der Waals surface area contributed by atoms with Crippen LogP contribution in [0.1, 0.15) is 24.2 Å². The van der Waals surface area contributed by atoms with Crippen molar-refractivity contribution < 1.29 is 4.74 Å². The number of aromatic amines is 1. The number of nitrogens with one attached hydrogen (secondary N) is 3. The third kappa shape index (κ3) is 3.17. The van der Waals surface area contributed by atoms with Crippen molar-refractivity contribution in [1.29, 1.82) is 0 Å². The van der Waals surface area contributed by atoms with E-state index in [0.29, 0.717) is 11.2 Å². The van der Waals surface area contributed by atoms with Crippen molar-refractivity contribution >= 4 is 23.0 Å². The number of hydrogen-bond donors (Lipinski definition) is 3. The molecule has 0 radical (unpaired) electrons. The van der Waals surface area contributed by atoms with Crippen LogP contribution in [0, 0.1) is 13.8 Å². The molecule has 6 heteroatoms. The summed E-state index contributed by atoms with van der Waals surface area (Å²) in [6.07, 6.45) is 2.55. The summed E-state index contributed by atoms with van der Waals surface area (Å²) in [6, 6.07) is 0. The molecule has 1 atom stereocenters. The molecule has 1 aromatic heterocycles. The molecule has 1 fully saturated rings. The van der Waals surface area contributed by atoms with Gasteiger partial charge in [0, 0.05) is 13.2 Å². The summed E-state index contributed by atoms with van der Waals surface area (Å²) >= 11 is 5.24. The molecule has 0 bridgehead atoms. The molecule has 0 spiro atoms. The van der Waals surface area contributed by atoms with Crippen LogP contribution in [-0.4, -0.2) is 34.6 Å². The van der Waals surface area contributed by atoms with E-state index in [0.717, 1.165) is 43.1 Å². The summed E-state index contributed by atoms with van der Waals surface area (Å²) in [7, 11) is 0. The average Bonchev–Trinajstić information content (AvgIpc) is 2.91. The summed E-state index contributed by atoms with van der Waals surface area (Å²) < 4.78 is 5.52. The van der Waals surface area contributed by atoms with Crippen molar-refractivity contribution in [2.24, 2.45) is 0 Å². The van der Waals surface area contributed by atoms with Gasteiger partial charge < -0.3 is 15.4 Å². The van der Waals surface area contributed by atoms with E-state index in [9.17, 15) is 0 Å². The molecule has 1 aliphatic heterocycles. The van der Waals surface area contributed by atoms with Gasteiger partial charge in [0.15, 0.2) is 5.11 Å². The normalized spacial score (nSPS) is 19.3. The van der Waals surface area contributed by atoms with E-state index in [1.807, 2.05) is 13.8 Å². The number of thiocarbonyl (C=S) groups is 1. The Morgan fingerprint density at radius 2 is 2.41 bits per heavy atom. The Labute approximate surface area is 106 Å². The van der Waals surface area contributed by atoms with E-state index < -0.39 is 0 Å². The van der Waals surface area contributed by atoms with Crippen LogP contribution in [0.5, 0.6) is 0 Å². The van der Waals surface area contributed by atoms with Crippen LogP contribution in [0.25, 0.3) is 0 Å². The largest absolute Gasteiger partial charge is 0.376 e. The van der Waals surface area contributed by atoms with Crippen LogP contribution >= 0.6 is 12.2 Å². The minimum atomic E-state index is 0.293. The zero-order chi connectivity index (χ0) is 12.3. The summed E-state index contributed by atoms with van der Waals surface area (Å²) in [6.45, 7) is 5.54. The van der Waals surface area contributed by atoms with Crippen molar-refractivity contribution in [2.45, 2.75) is 32.8 Å². The monoisotopic (exact) mass is 254 g/mol. The Morgan fingerprint density at radius 3 is 3.00 bits per heavy atom. The van der Waals surface area contributed by atoms with Crippen molar-refractivity contribution in [3.63, 3.8) is 0 Å². The molecule has 94 valence electrons. The number of anilines is 1. The van der Waals surface area contributed by atoms with Crippen LogP contribution in [0.2, 0.25) is 0 Å². The van der Waals surface area contributed by atoms with E-state index in [1.54, 1.807) is 0 Å². The van der Waals surface area contributed by atoms with Gasteiger partial charge in [-0.1, -0.05) is 0 Å². The van der Waals surface area contributed by atoms with Gasteiger partial charge in [0.25, 0.3) is 0 Å². The Balaban J connectivity index is 1.80. The second-order valence-corrected chi connectivity index (χ2v) is 4.69. The lowest BCUT2D eigenvalue weighted by Gasteiger charge is -2.14. The van der Waals surface area contributed by atoms with E-state index in [-0.39, 0.29) is 0 Å². The topological polar surface area (TPSA) is 62.0 Å². The first-order chi connectivity index (χ1) is 8.16. The SMILES string of the molecule is Cc1n[nH]c(C)c1NC(=S)NC[C@H]1CCCO1. The fourth-order valence-electron chi connectivity index (χ4n) is 1.90. The minimum Gasteiger partial charge on any atom is -0.376 e. The minimum absolute atomic E-state index is 0.293. The Kier molecular flexibility index (Phi) is 3.96. The van der Waals surface area contributed by atoms with Crippen LogP contribution in [-0.2, 0) is 4.74 Å². The van der Waals surface area contributed by atoms with Crippen LogP contribution in [0.4, 0.5) is 5.69 Å². The lowest BCUT2D eigenvalue weighted by molar-refractivity contribution is 0.114. The lowest BCUT2D eigenvalue weighted by Crippen LogP contribution is -2.35. The number of rotatable bonds is 3. The summed E-state index contributed by atoms with van der Waals surface area (Å²) in [4.78, 5) is 0. The standard InChI is InChI=1S/C11H18N4OS/c1-7-10(8(2)15-14-7)13-11(17)12-6-9-4-3-5-16-9/h9H,3-6H2,1-2H3,(H,14,15)(H2,12,13,17)/t9-/m1/s1. The highest BCUT2D eigenvalue weighted by atomic mass is 32.1. The Morgan fingerprint density at radius 1 is 1.59 bits per heavy atom. The second-order valence-electron chi connectivity index (χ2n) is 4.28. The summed E-state index contributed by atoms with van der Waals surface area (Å²) in [5.41, 5.74) is 2.86. The molecule has 0 amide bonds. The number of ether oxygens (including phenoxy) is 1. The van der Waals surface area contributed by atoms with Gasteiger partial charge in [-0.2, -0.15) is 5.10 Å². The quantitative estimate of drug-likeness (QED) is 0.713. The molecule has 0 aromatic carbocycles. The molecular formula is C11H18N4OS.